The van der Waals surface area contributed by atoms with Gasteiger partial charge < -0.3 is 20.3 Å². The standard InChI is InChI=1S/C49H93NO5/c1-3-5-7-9-11-13-14-15-16-17-18-19-23-27-31-35-39-43-49(54)55-44-40-36-32-28-24-21-20-22-26-30-34-38-42-48(53)50-46(45-51)47(52)41-37-33-29-25-12-10-8-6-4-2/h15-16,37,41,46-47,51-52H,3-14,17-36,38-40,42-45H2,1-2H3,(H,50,53)/b16-15-,41-37+. The molecule has 1 amide bonds. The monoisotopic (exact) mass is 776 g/mol. The Kier molecular flexibility index (Phi) is 43.7. The van der Waals surface area contributed by atoms with Crippen LogP contribution in [0.1, 0.15) is 251 Å². The van der Waals surface area contributed by atoms with Gasteiger partial charge in [-0.25, -0.2) is 0 Å². The van der Waals surface area contributed by atoms with Gasteiger partial charge in [-0.2, -0.15) is 0 Å². The second-order valence-electron chi connectivity index (χ2n) is 16.4. The zero-order valence-electron chi connectivity index (χ0n) is 36.7. The highest BCUT2D eigenvalue weighted by atomic mass is 16.5. The number of hydrogen-bond acceptors (Lipinski definition) is 5. The second-order valence-corrected chi connectivity index (χ2v) is 16.4. The van der Waals surface area contributed by atoms with E-state index in [4.69, 9.17) is 4.74 Å². The first kappa shape index (κ1) is 53.3. The number of rotatable bonds is 44. The van der Waals surface area contributed by atoms with Crippen LogP contribution in [-0.4, -0.2) is 47.4 Å². The third-order valence-corrected chi connectivity index (χ3v) is 11.0. The van der Waals surface area contributed by atoms with E-state index < -0.39 is 12.1 Å². The maximum absolute atomic E-state index is 12.3. The van der Waals surface area contributed by atoms with Crippen molar-refractivity contribution in [2.45, 2.75) is 264 Å². The Labute approximate surface area is 341 Å². The Bertz CT molecular complexity index is 858. The number of aliphatic hydroxyl groups is 2. The maximum atomic E-state index is 12.3. The summed E-state index contributed by atoms with van der Waals surface area (Å²) in [6.45, 7) is 4.83. The van der Waals surface area contributed by atoms with Crippen LogP contribution in [0.5, 0.6) is 0 Å². The molecule has 0 aliphatic carbocycles. The van der Waals surface area contributed by atoms with Crippen LogP contribution in [0.4, 0.5) is 0 Å². The molecule has 0 rings (SSSR count). The van der Waals surface area contributed by atoms with E-state index in [1.54, 1.807) is 6.08 Å². The zero-order chi connectivity index (χ0) is 40.1. The molecule has 0 aliphatic heterocycles. The van der Waals surface area contributed by atoms with E-state index >= 15 is 0 Å². The van der Waals surface area contributed by atoms with E-state index in [2.05, 4.69) is 31.3 Å². The first-order valence-corrected chi connectivity index (χ1v) is 24.1. The van der Waals surface area contributed by atoms with Crippen molar-refractivity contribution in [2.75, 3.05) is 13.2 Å². The Balaban J connectivity index is 3.45. The molecule has 2 unspecified atom stereocenters. The highest BCUT2D eigenvalue weighted by Gasteiger charge is 2.18. The van der Waals surface area contributed by atoms with Gasteiger partial charge in [-0.1, -0.05) is 205 Å². The lowest BCUT2D eigenvalue weighted by Gasteiger charge is -2.20. The Morgan fingerprint density at radius 1 is 0.491 bits per heavy atom. The molecule has 55 heavy (non-hydrogen) atoms. The molecule has 2 atom stereocenters. The smallest absolute Gasteiger partial charge is 0.305 e. The van der Waals surface area contributed by atoms with Crippen LogP contribution in [0.25, 0.3) is 0 Å². The summed E-state index contributed by atoms with van der Waals surface area (Å²) in [5.74, 6) is -0.102. The van der Waals surface area contributed by atoms with Crippen LogP contribution < -0.4 is 5.32 Å². The number of aliphatic hydroxyl groups excluding tert-OH is 2. The molecule has 0 spiro atoms. The van der Waals surface area contributed by atoms with Crippen molar-refractivity contribution in [3.8, 4) is 0 Å². The number of hydrogen-bond donors (Lipinski definition) is 3. The van der Waals surface area contributed by atoms with Crippen molar-refractivity contribution in [2.24, 2.45) is 0 Å². The molecule has 0 aromatic carbocycles. The average Bonchev–Trinajstić information content (AvgIpc) is 3.18. The quantitative estimate of drug-likeness (QED) is 0.0325. The van der Waals surface area contributed by atoms with Gasteiger partial charge in [0.25, 0.3) is 0 Å². The predicted molar refractivity (Wildman–Crippen MR) is 236 cm³/mol. The van der Waals surface area contributed by atoms with E-state index in [1.165, 1.54) is 167 Å². The lowest BCUT2D eigenvalue weighted by molar-refractivity contribution is -0.143. The summed E-state index contributed by atoms with van der Waals surface area (Å²) in [7, 11) is 0. The molecule has 0 aromatic rings. The van der Waals surface area contributed by atoms with Crippen LogP contribution in [0, 0.1) is 0 Å². The minimum Gasteiger partial charge on any atom is -0.466 e. The first-order chi connectivity index (χ1) is 27.0. The summed E-state index contributed by atoms with van der Waals surface area (Å²) < 4.78 is 5.46. The topological polar surface area (TPSA) is 95.9 Å². The molecular formula is C49H93NO5. The van der Waals surface area contributed by atoms with Crippen molar-refractivity contribution in [1.29, 1.82) is 0 Å². The third kappa shape index (κ3) is 41.8. The van der Waals surface area contributed by atoms with E-state index in [0.717, 1.165) is 57.8 Å². The number of amides is 1. The summed E-state index contributed by atoms with van der Waals surface area (Å²) in [5, 5.41) is 22.9. The molecular weight excluding hydrogens is 683 g/mol. The number of esters is 1. The molecule has 3 N–H and O–H groups in total. The Morgan fingerprint density at radius 3 is 1.29 bits per heavy atom. The fourth-order valence-corrected chi connectivity index (χ4v) is 7.21. The fourth-order valence-electron chi connectivity index (χ4n) is 7.21. The van der Waals surface area contributed by atoms with Crippen molar-refractivity contribution in [3.63, 3.8) is 0 Å². The van der Waals surface area contributed by atoms with Gasteiger partial charge in [-0.05, 0) is 57.8 Å². The lowest BCUT2D eigenvalue weighted by Crippen LogP contribution is -2.45. The van der Waals surface area contributed by atoms with Crippen molar-refractivity contribution < 1.29 is 24.5 Å². The van der Waals surface area contributed by atoms with Crippen molar-refractivity contribution >= 4 is 11.9 Å². The minimum absolute atomic E-state index is 0.0151. The summed E-state index contributed by atoms with van der Waals surface area (Å²) in [6, 6.07) is -0.637. The SMILES string of the molecule is CCCCCCCC/C=C\CCCCCCCCCC(=O)OCCCCCCCCCCCCCCC(=O)NC(CO)C(O)/C=C/CCCCCCCCC. The average molecular weight is 776 g/mol. The molecule has 0 fully saturated rings. The van der Waals surface area contributed by atoms with Gasteiger partial charge >= 0.3 is 5.97 Å². The lowest BCUT2D eigenvalue weighted by atomic mass is 10.0. The normalized spacial score (nSPS) is 12.9. The Morgan fingerprint density at radius 2 is 0.855 bits per heavy atom. The summed E-state index contributed by atoms with van der Waals surface area (Å²) >= 11 is 0. The summed E-state index contributed by atoms with van der Waals surface area (Å²) in [4.78, 5) is 24.4. The maximum Gasteiger partial charge on any atom is 0.305 e. The number of unbranched alkanes of at least 4 members (excludes halogenated alkanes) is 31. The van der Waals surface area contributed by atoms with E-state index in [-0.39, 0.29) is 18.5 Å². The molecule has 6 heteroatoms. The molecule has 0 heterocycles. The van der Waals surface area contributed by atoms with Gasteiger partial charge in [-0.3, -0.25) is 9.59 Å². The van der Waals surface area contributed by atoms with Crippen molar-refractivity contribution in [1.82, 2.24) is 5.32 Å². The number of carbonyl (C=O) groups is 2. The van der Waals surface area contributed by atoms with Gasteiger partial charge in [0.05, 0.1) is 25.4 Å². The number of allylic oxidation sites excluding steroid dienone is 3. The third-order valence-electron chi connectivity index (χ3n) is 11.0. The van der Waals surface area contributed by atoms with Crippen LogP contribution in [0.3, 0.4) is 0 Å². The van der Waals surface area contributed by atoms with Crippen LogP contribution in [0.2, 0.25) is 0 Å². The zero-order valence-corrected chi connectivity index (χ0v) is 36.7. The molecule has 0 saturated carbocycles. The number of carbonyl (C=O) groups excluding carboxylic acids is 2. The highest BCUT2D eigenvalue weighted by molar-refractivity contribution is 5.76. The van der Waals surface area contributed by atoms with Gasteiger partial charge in [0.1, 0.15) is 0 Å². The molecule has 6 nitrogen and oxygen atoms in total. The molecule has 324 valence electrons. The van der Waals surface area contributed by atoms with Gasteiger partial charge in [-0.15, -0.1) is 0 Å². The number of ether oxygens (including phenoxy) is 1. The largest absolute Gasteiger partial charge is 0.466 e. The predicted octanol–water partition coefficient (Wildman–Crippen LogP) is 14.0. The van der Waals surface area contributed by atoms with Crippen LogP contribution in [-0.2, 0) is 14.3 Å². The fraction of sp³-hybridized carbons (Fsp3) is 0.878. The molecule has 0 bridgehead atoms. The Hall–Kier alpha value is -1.66. The molecule has 0 aromatic heterocycles. The first-order valence-electron chi connectivity index (χ1n) is 24.1. The van der Waals surface area contributed by atoms with Crippen LogP contribution >= 0.6 is 0 Å². The van der Waals surface area contributed by atoms with E-state index in [9.17, 15) is 19.8 Å². The van der Waals surface area contributed by atoms with Gasteiger partial charge in [0.2, 0.25) is 5.91 Å². The van der Waals surface area contributed by atoms with Gasteiger partial charge in [0, 0.05) is 12.8 Å². The van der Waals surface area contributed by atoms with E-state index in [1.807, 2.05) is 6.08 Å². The molecule has 0 saturated heterocycles. The van der Waals surface area contributed by atoms with E-state index in [0.29, 0.717) is 19.4 Å². The molecule has 0 radical (unpaired) electrons. The second kappa shape index (κ2) is 45.0. The van der Waals surface area contributed by atoms with Gasteiger partial charge in [0.15, 0.2) is 0 Å². The summed E-state index contributed by atoms with van der Waals surface area (Å²) in [6.07, 6.45) is 51.7. The highest BCUT2D eigenvalue weighted by Crippen LogP contribution is 2.15. The summed E-state index contributed by atoms with van der Waals surface area (Å²) in [5.41, 5.74) is 0. The van der Waals surface area contributed by atoms with Crippen LogP contribution in [0.15, 0.2) is 24.3 Å². The van der Waals surface area contributed by atoms with Crippen molar-refractivity contribution in [3.05, 3.63) is 24.3 Å². The minimum atomic E-state index is -0.852. The molecule has 0 aliphatic rings. The number of nitrogens with one attached hydrogen (secondary N) is 1.